The van der Waals surface area contributed by atoms with Crippen LogP contribution in [0, 0.1) is 11.8 Å². The van der Waals surface area contributed by atoms with Crippen molar-refractivity contribution in [3.63, 3.8) is 0 Å². The molecular formula is C13H15NO3S. The van der Waals surface area contributed by atoms with E-state index >= 15 is 0 Å². The fourth-order valence-electron chi connectivity index (χ4n) is 1.96. The van der Waals surface area contributed by atoms with Gasteiger partial charge in [0.15, 0.2) is 0 Å². The molecule has 0 aliphatic carbocycles. The predicted molar refractivity (Wildman–Crippen MR) is 69.2 cm³/mol. The molecule has 1 N–H and O–H groups in total. The standard InChI is InChI=1S/C13H15NO3S/c15-8-2-6-12-4-1-5-13(10-12)11-14-7-3-9-18(14,16)17/h1,4-5,10,15H,3,7-9,11H2. The Morgan fingerprint density at radius 3 is 2.89 bits per heavy atom. The van der Waals surface area contributed by atoms with Crippen LogP contribution in [0.4, 0.5) is 0 Å². The Labute approximate surface area is 107 Å². The normalized spacial score (nSPS) is 18.3. The maximum atomic E-state index is 11.7. The molecule has 5 heteroatoms. The van der Waals surface area contributed by atoms with Crippen molar-refractivity contribution in [3.8, 4) is 11.8 Å². The summed E-state index contributed by atoms with van der Waals surface area (Å²) in [4.78, 5) is 0. The predicted octanol–water partition coefficient (Wildman–Crippen LogP) is 0.566. The van der Waals surface area contributed by atoms with E-state index < -0.39 is 10.0 Å². The number of hydrogen-bond donors (Lipinski definition) is 1. The number of benzene rings is 1. The molecule has 0 unspecified atom stereocenters. The summed E-state index contributed by atoms with van der Waals surface area (Å²) in [5.74, 6) is 5.63. The highest BCUT2D eigenvalue weighted by Gasteiger charge is 2.27. The van der Waals surface area contributed by atoms with Crippen LogP contribution in [-0.4, -0.2) is 36.7 Å². The van der Waals surface area contributed by atoms with Crippen LogP contribution in [0.1, 0.15) is 17.5 Å². The van der Waals surface area contributed by atoms with Crippen LogP contribution in [0.3, 0.4) is 0 Å². The number of aliphatic hydroxyl groups excluding tert-OH is 1. The third-order valence-electron chi connectivity index (χ3n) is 2.80. The van der Waals surface area contributed by atoms with Gasteiger partial charge >= 0.3 is 0 Å². The molecule has 1 heterocycles. The SMILES string of the molecule is O=S1(=O)CCCN1Cc1cccc(C#CCO)c1. The third-order valence-corrected chi connectivity index (χ3v) is 4.70. The summed E-state index contributed by atoms with van der Waals surface area (Å²) >= 11 is 0. The molecule has 0 bridgehead atoms. The van der Waals surface area contributed by atoms with Crippen molar-refractivity contribution in [2.75, 3.05) is 18.9 Å². The quantitative estimate of drug-likeness (QED) is 0.795. The van der Waals surface area contributed by atoms with Crippen LogP contribution in [-0.2, 0) is 16.6 Å². The zero-order chi connectivity index (χ0) is 13.0. The highest BCUT2D eigenvalue weighted by atomic mass is 32.2. The molecule has 1 fully saturated rings. The Hall–Kier alpha value is -1.35. The Balaban J connectivity index is 2.15. The maximum absolute atomic E-state index is 11.7. The first-order chi connectivity index (χ1) is 8.62. The van der Waals surface area contributed by atoms with Gasteiger partial charge in [-0.3, -0.25) is 0 Å². The van der Waals surface area contributed by atoms with Gasteiger partial charge in [0, 0.05) is 18.7 Å². The van der Waals surface area contributed by atoms with Crippen LogP contribution in [0.15, 0.2) is 24.3 Å². The van der Waals surface area contributed by atoms with E-state index in [1.165, 1.54) is 4.31 Å². The van der Waals surface area contributed by atoms with Crippen molar-refractivity contribution in [1.82, 2.24) is 4.31 Å². The Bertz CT molecular complexity index is 584. The Kier molecular flexibility index (Phi) is 4.02. The lowest BCUT2D eigenvalue weighted by molar-refractivity contribution is 0.350. The van der Waals surface area contributed by atoms with E-state index in [4.69, 9.17) is 5.11 Å². The summed E-state index contributed by atoms with van der Waals surface area (Å²) in [6.07, 6.45) is 0.701. The molecule has 0 aromatic heterocycles. The minimum atomic E-state index is -3.06. The molecule has 4 nitrogen and oxygen atoms in total. The van der Waals surface area contributed by atoms with Crippen LogP contribution in [0.5, 0.6) is 0 Å². The third kappa shape index (κ3) is 3.10. The highest BCUT2D eigenvalue weighted by molar-refractivity contribution is 7.89. The minimum absolute atomic E-state index is 0.176. The summed E-state index contributed by atoms with van der Waals surface area (Å²) in [5.41, 5.74) is 1.71. The summed E-state index contributed by atoms with van der Waals surface area (Å²) in [6.45, 7) is 0.816. The van der Waals surface area contributed by atoms with Crippen molar-refractivity contribution < 1.29 is 13.5 Å². The fourth-order valence-corrected chi connectivity index (χ4v) is 3.47. The van der Waals surface area contributed by atoms with Crippen molar-refractivity contribution >= 4 is 10.0 Å². The van der Waals surface area contributed by atoms with Crippen molar-refractivity contribution in [3.05, 3.63) is 35.4 Å². The second-order valence-electron chi connectivity index (χ2n) is 4.16. The number of hydrogen-bond acceptors (Lipinski definition) is 3. The first-order valence-electron chi connectivity index (χ1n) is 5.78. The summed E-state index contributed by atoms with van der Waals surface area (Å²) in [7, 11) is -3.06. The topological polar surface area (TPSA) is 57.6 Å². The number of rotatable bonds is 2. The van der Waals surface area contributed by atoms with Crippen molar-refractivity contribution in [2.24, 2.45) is 0 Å². The van der Waals surface area contributed by atoms with E-state index in [-0.39, 0.29) is 12.4 Å². The molecule has 0 spiro atoms. The average molecular weight is 265 g/mol. The average Bonchev–Trinajstić information content (AvgIpc) is 2.67. The van der Waals surface area contributed by atoms with Gasteiger partial charge in [-0.2, -0.15) is 4.31 Å². The van der Waals surface area contributed by atoms with E-state index in [2.05, 4.69) is 11.8 Å². The van der Waals surface area contributed by atoms with E-state index in [1.54, 1.807) is 0 Å². The molecule has 1 aliphatic rings. The monoisotopic (exact) mass is 265 g/mol. The van der Waals surface area contributed by atoms with Gasteiger partial charge in [-0.25, -0.2) is 8.42 Å². The van der Waals surface area contributed by atoms with Gasteiger partial charge in [0.1, 0.15) is 6.61 Å². The summed E-state index contributed by atoms with van der Waals surface area (Å²) in [6, 6.07) is 7.43. The molecular weight excluding hydrogens is 250 g/mol. The van der Waals surface area contributed by atoms with Gasteiger partial charge in [-0.15, -0.1) is 0 Å². The zero-order valence-electron chi connectivity index (χ0n) is 9.96. The molecule has 2 rings (SSSR count). The largest absolute Gasteiger partial charge is 0.384 e. The second-order valence-corrected chi connectivity index (χ2v) is 6.25. The van der Waals surface area contributed by atoms with Crippen molar-refractivity contribution in [1.29, 1.82) is 0 Å². The smallest absolute Gasteiger partial charge is 0.214 e. The van der Waals surface area contributed by atoms with Gasteiger partial charge in [0.05, 0.1) is 5.75 Å². The van der Waals surface area contributed by atoms with Crippen LogP contribution in [0.2, 0.25) is 0 Å². The maximum Gasteiger partial charge on any atom is 0.214 e. The minimum Gasteiger partial charge on any atom is -0.384 e. The lowest BCUT2D eigenvalue weighted by Gasteiger charge is -2.14. The lowest BCUT2D eigenvalue weighted by atomic mass is 10.1. The van der Waals surface area contributed by atoms with Crippen LogP contribution >= 0.6 is 0 Å². The van der Waals surface area contributed by atoms with E-state index in [9.17, 15) is 8.42 Å². The lowest BCUT2D eigenvalue weighted by Crippen LogP contribution is -2.25. The van der Waals surface area contributed by atoms with E-state index in [0.29, 0.717) is 19.5 Å². The molecule has 1 aromatic carbocycles. The van der Waals surface area contributed by atoms with Crippen LogP contribution in [0.25, 0.3) is 0 Å². The highest BCUT2D eigenvalue weighted by Crippen LogP contribution is 2.17. The molecule has 0 radical (unpaired) electrons. The molecule has 1 aliphatic heterocycles. The molecule has 1 saturated heterocycles. The van der Waals surface area contributed by atoms with E-state index in [0.717, 1.165) is 11.1 Å². The number of aliphatic hydroxyl groups is 1. The number of nitrogens with zero attached hydrogens (tertiary/aromatic N) is 1. The molecule has 1 aromatic rings. The molecule has 0 saturated carbocycles. The first kappa shape index (κ1) is 13.1. The van der Waals surface area contributed by atoms with E-state index in [1.807, 2.05) is 24.3 Å². The fraction of sp³-hybridized carbons (Fsp3) is 0.385. The van der Waals surface area contributed by atoms with Gasteiger partial charge in [-0.1, -0.05) is 24.0 Å². The van der Waals surface area contributed by atoms with Crippen molar-refractivity contribution in [2.45, 2.75) is 13.0 Å². The number of sulfonamides is 1. The first-order valence-corrected chi connectivity index (χ1v) is 7.39. The van der Waals surface area contributed by atoms with Gasteiger partial charge in [0.2, 0.25) is 10.0 Å². The molecule has 0 atom stereocenters. The van der Waals surface area contributed by atoms with Crippen LogP contribution < -0.4 is 0 Å². The van der Waals surface area contributed by atoms with Gasteiger partial charge in [-0.05, 0) is 24.1 Å². The second kappa shape index (κ2) is 5.53. The Morgan fingerprint density at radius 1 is 1.39 bits per heavy atom. The molecule has 18 heavy (non-hydrogen) atoms. The zero-order valence-corrected chi connectivity index (χ0v) is 10.8. The molecule has 0 amide bonds. The Morgan fingerprint density at radius 2 is 2.22 bits per heavy atom. The summed E-state index contributed by atoms with van der Waals surface area (Å²) < 4.78 is 24.9. The van der Waals surface area contributed by atoms with Gasteiger partial charge < -0.3 is 5.11 Å². The summed E-state index contributed by atoms with van der Waals surface area (Å²) in [5, 5.41) is 8.63. The molecule has 96 valence electrons. The van der Waals surface area contributed by atoms with Gasteiger partial charge in [0.25, 0.3) is 0 Å².